The molecule has 1 atom stereocenters. The predicted octanol–water partition coefficient (Wildman–Crippen LogP) is 2.68. The van der Waals surface area contributed by atoms with E-state index in [0.29, 0.717) is 24.1 Å². The lowest BCUT2D eigenvalue weighted by molar-refractivity contribution is -0.137. The number of likely N-dealkylation sites (tertiary alicyclic amines) is 1. The van der Waals surface area contributed by atoms with E-state index in [2.05, 4.69) is 4.90 Å². The predicted molar refractivity (Wildman–Crippen MR) is 79.3 cm³/mol. The number of carboxylic acids is 1. The Balaban J connectivity index is 1.97. The minimum atomic E-state index is -0.882. The van der Waals surface area contributed by atoms with Gasteiger partial charge in [0, 0.05) is 24.6 Å². The Morgan fingerprint density at radius 3 is 2.67 bits per heavy atom. The summed E-state index contributed by atoms with van der Waals surface area (Å²) in [6, 6.07) is 4.61. The highest BCUT2D eigenvalue weighted by atomic mass is 19.1. The van der Waals surface area contributed by atoms with Gasteiger partial charge in [-0.25, -0.2) is 4.39 Å². The molecule has 1 aliphatic rings. The summed E-state index contributed by atoms with van der Waals surface area (Å²) >= 11 is 0. The van der Waals surface area contributed by atoms with E-state index in [9.17, 15) is 9.18 Å². The molecule has 1 aromatic carbocycles. The van der Waals surface area contributed by atoms with Crippen LogP contribution in [0, 0.1) is 5.82 Å². The maximum absolute atomic E-state index is 14.2. The number of benzene rings is 1. The van der Waals surface area contributed by atoms with Crippen molar-refractivity contribution in [2.24, 2.45) is 5.73 Å². The van der Waals surface area contributed by atoms with Crippen LogP contribution in [0.5, 0.6) is 0 Å². The number of nitrogens with two attached hydrogens (primary N) is 1. The van der Waals surface area contributed by atoms with E-state index in [-0.39, 0.29) is 12.2 Å². The molecule has 1 fully saturated rings. The molecule has 116 valence electrons. The van der Waals surface area contributed by atoms with Crippen LogP contribution in [-0.2, 0) is 11.3 Å². The minimum absolute atomic E-state index is 0.00167. The van der Waals surface area contributed by atoms with E-state index < -0.39 is 12.0 Å². The van der Waals surface area contributed by atoms with Gasteiger partial charge in [0.2, 0.25) is 0 Å². The SMILES string of the molecule is NC(CCC(=O)O)c1ccc(CN2CCCCC2)c(F)c1. The third kappa shape index (κ3) is 4.79. The highest BCUT2D eigenvalue weighted by molar-refractivity contribution is 5.66. The van der Waals surface area contributed by atoms with E-state index in [1.807, 2.05) is 6.07 Å². The van der Waals surface area contributed by atoms with Gasteiger partial charge in [0.1, 0.15) is 5.82 Å². The number of hydrogen-bond acceptors (Lipinski definition) is 3. The Morgan fingerprint density at radius 1 is 1.33 bits per heavy atom. The Bertz CT molecular complexity index is 487. The monoisotopic (exact) mass is 294 g/mol. The second kappa shape index (κ2) is 7.52. The van der Waals surface area contributed by atoms with Crippen molar-refractivity contribution in [3.8, 4) is 0 Å². The molecule has 0 amide bonds. The number of piperidine rings is 1. The first-order chi connectivity index (χ1) is 10.1. The molecular weight excluding hydrogens is 271 g/mol. The number of halogens is 1. The summed E-state index contributed by atoms with van der Waals surface area (Å²) < 4.78 is 14.2. The fraction of sp³-hybridized carbons (Fsp3) is 0.562. The second-order valence-electron chi connectivity index (χ2n) is 5.73. The Kier molecular flexibility index (Phi) is 5.70. The van der Waals surface area contributed by atoms with Crippen molar-refractivity contribution in [2.75, 3.05) is 13.1 Å². The van der Waals surface area contributed by atoms with E-state index in [1.165, 1.54) is 25.3 Å². The van der Waals surface area contributed by atoms with Crippen LogP contribution < -0.4 is 5.73 Å². The molecule has 1 unspecified atom stereocenters. The maximum atomic E-state index is 14.2. The van der Waals surface area contributed by atoms with Gasteiger partial charge in [-0.2, -0.15) is 0 Å². The fourth-order valence-corrected chi connectivity index (χ4v) is 2.73. The van der Waals surface area contributed by atoms with E-state index >= 15 is 0 Å². The summed E-state index contributed by atoms with van der Waals surface area (Å²) in [5.41, 5.74) is 7.26. The lowest BCUT2D eigenvalue weighted by Gasteiger charge is -2.26. The van der Waals surface area contributed by atoms with Gasteiger partial charge in [-0.05, 0) is 44.0 Å². The first-order valence-electron chi connectivity index (χ1n) is 7.54. The maximum Gasteiger partial charge on any atom is 0.303 e. The number of carboxylic acid groups (broad SMARTS) is 1. The molecule has 0 aromatic heterocycles. The Hall–Kier alpha value is -1.46. The number of carbonyl (C=O) groups is 1. The van der Waals surface area contributed by atoms with Crippen molar-refractivity contribution in [3.63, 3.8) is 0 Å². The van der Waals surface area contributed by atoms with Crippen LogP contribution in [0.3, 0.4) is 0 Å². The summed E-state index contributed by atoms with van der Waals surface area (Å²) in [6.07, 6.45) is 3.94. The smallest absolute Gasteiger partial charge is 0.303 e. The van der Waals surface area contributed by atoms with Gasteiger partial charge in [-0.15, -0.1) is 0 Å². The van der Waals surface area contributed by atoms with Crippen molar-refractivity contribution < 1.29 is 14.3 Å². The third-order valence-electron chi connectivity index (χ3n) is 4.02. The highest BCUT2D eigenvalue weighted by Gasteiger charge is 2.15. The van der Waals surface area contributed by atoms with E-state index in [0.717, 1.165) is 13.1 Å². The van der Waals surface area contributed by atoms with E-state index in [1.54, 1.807) is 6.07 Å². The lowest BCUT2D eigenvalue weighted by atomic mass is 10.0. The minimum Gasteiger partial charge on any atom is -0.481 e. The number of rotatable bonds is 6. The topological polar surface area (TPSA) is 66.6 Å². The number of aliphatic carboxylic acids is 1. The molecule has 3 N–H and O–H groups in total. The molecular formula is C16H23FN2O2. The summed E-state index contributed by atoms with van der Waals surface area (Å²) in [4.78, 5) is 12.8. The van der Waals surface area contributed by atoms with Crippen molar-refractivity contribution in [1.82, 2.24) is 4.90 Å². The zero-order chi connectivity index (χ0) is 15.2. The third-order valence-corrected chi connectivity index (χ3v) is 4.02. The average Bonchev–Trinajstić information content (AvgIpc) is 2.48. The molecule has 1 aromatic rings. The van der Waals surface area contributed by atoms with Gasteiger partial charge in [0.25, 0.3) is 0 Å². The van der Waals surface area contributed by atoms with Crippen molar-refractivity contribution in [1.29, 1.82) is 0 Å². The molecule has 0 bridgehead atoms. The number of hydrogen-bond donors (Lipinski definition) is 2. The van der Waals surface area contributed by atoms with Gasteiger partial charge in [-0.1, -0.05) is 18.6 Å². The van der Waals surface area contributed by atoms with Crippen LogP contribution in [0.25, 0.3) is 0 Å². The molecule has 4 nitrogen and oxygen atoms in total. The molecule has 21 heavy (non-hydrogen) atoms. The van der Waals surface area contributed by atoms with Crippen molar-refractivity contribution in [2.45, 2.75) is 44.7 Å². The summed E-state index contributed by atoms with van der Waals surface area (Å²) in [5, 5.41) is 8.66. The molecule has 5 heteroatoms. The Morgan fingerprint density at radius 2 is 2.05 bits per heavy atom. The molecule has 1 aliphatic heterocycles. The van der Waals surface area contributed by atoms with Gasteiger partial charge in [0.05, 0.1) is 0 Å². The zero-order valence-electron chi connectivity index (χ0n) is 12.2. The van der Waals surface area contributed by atoms with E-state index in [4.69, 9.17) is 10.8 Å². The summed E-state index contributed by atoms with van der Waals surface area (Å²) in [6.45, 7) is 2.69. The first kappa shape index (κ1) is 15.9. The van der Waals surface area contributed by atoms with Crippen LogP contribution in [0.4, 0.5) is 4.39 Å². The van der Waals surface area contributed by atoms with Crippen LogP contribution >= 0.6 is 0 Å². The molecule has 0 radical (unpaired) electrons. The fourth-order valence-electron chi connectivity index (χ4n) is 2.73. The summed E-state index contributed by atoms with van der Waals surface area (Å²) in [7, 11) is 0. The molecule has 0 saturated carbocycles. The van der Waals surface area contributed by atoms with Crippen LogP contribution in [0.1, 0.15) is 49.3 Å². The summed E-state index contributed by atoms with van der Waals surface area (Å²) in [5.74, 6) is -1.13. The van der Waals surface area contributed by atoms with Gasteiger partial charge in [0.15, 0.2) is 0 Å². The molecule has 0 aliphatic carbocycles. The first-order valence-corrected chi connectivity index (χ1v) is 7.54. The standard InChI is InChI=1S/C16H23FN2O2/c17-14-10-12(15(18)6-7-16(20)21)4-5-13(14)11-19-8-2-1-3-9-19/h4-5,10,15H,1-3,6-9,11,18H2,(H,20,21). The average molecular weight is 294 g/mol. The molecule has 2 rings (SSSR count). The van der Waals surface area contributed by atoms with Crippen LogP contribution in [-0.4, -0.2) is 29.1 Å². The molecule has 1 saturated heterocycles. The zero-order valence-corrected chi connectivity index (χ0v) is 12.2. The van der Waals surface area contributed by atoms with Crippen molar-refractivity contribution >= 4 is 5.97 Å². The molecule has 1 heterocycles. The van der Waals surface area contributed by atoms with Gasteiger partial charge in [-0.3, -0.25) is 9.69 Å². The number of nitrogens with zero attached hydrogens (tertiary/aromatic N) is 1. The quantitative estimate of drug-likeness (QED) is 0.846. The van der Waals surface area contributed by atoms with Crippen molar-refractivity contribution in [3.05, 3.63) is 35.1 Å². The lowest BCUT2D eigenvalue weighted by Crippen LogP contribution is -2.29. The highest BCUT2D eigenvalue weighted by Crippen LogP contribution is 2.21. The molecule has 0 spiro atoms. The second-order valence-corrected chi connectivity index (χ2v) is 5.73. The Labute approximate surface area is 124 Å². The normalized spacial score (nSPS) is 17.6. The van der Waals surface area contributed by atoms with Crippen LogP contribution in [0.15, 0.2) is 18.2 Å². The largest absolute Gasteiger partial charge is 0.481 e. The van der Waals surface area contributed by atoms with Gasteiger partial charge < -0.3 is 10.8 Å². The van der Waals surface area contributed by atoms with Gasteiger partial charge >= 0.3 is 5.97 Å². The van der Waals surface area contributed by atoms with Crippen LogP contribution in [0.2, 0.25) is 0 Å².